The average molecular weight is 219 g/mol. The Morgan fingerprint density at radius 1 is 1.44 bits per heavy atom. The molecule has 1 aromatic rings. The molecule has 0 unspecified atom stereocenters. The van der Waals surface area contributed by atoms with Gasteiger partial charge in [-0.3, -0.25) is 4.79 Å². The summed E-state index contributed by atoms with van der Waals surface area (Å²) in [6, 6.07) is 3.52. The zero-order valence-electron chi connectivity index (χ0n) is 9.16. The SMILES string of the molecule is CCOC(=O)c1ccc2c(n1)CC(=O)CC2. The van der Waals surface area contributed by atoms with Gasteiger partial charge < -0.3 is 4.74 Å². The summed E-state index contributed by atoms with van der Waals surface area (Å²) in [5.74, 6) is -0.246. The van der Waals surface area contributed by atoms with Gasteiger partial charge in [-0.15, -0.1) is 0 Å². The monoisotopic (exact) mass is 219 g/mol. The number of rotatable bonds is 2. The van der Waals surface area contributed by atoms with E-state index in [0.29, 0.717) is 19.4 Å². The van der Waals surface area contributed by atoms with Gasteiger partial charge in [0.25, 0.3) is 0 Å². The molecule has 0 N–H and O–H groups in total. The van der Waals surface area contributed by atoms with Crippen molar-refractivity contribution in [2.75, 3.05) is 6.61 Å². The zero-order valence-corrected chi connectivity index (χ0v) is 9.16. The number of ketones is 1. The van der Waals surface area contributed by atoms with E-state index in [-0.39, 0.29) is 11.5 Å². The summed E-state index contributed by atoms with van der Waals surface area (Å²) in [6.07, 6.45) is 1.64. The first kappa shape index (κ1) is 10.8. The quantitative estimate of drug-likeness (QED) is 0.704. The molecule has 1 aromatic heterocycles. The highest BCUT2D eigenvalue weighted by molar-refractivity contribution is 5.88. The highest BCUT2D eigenvalue weighted by Gasteiger charge is 2.19. The molecule has 0 saturated carbocycles. The maximum atomic E-state index is 11.4. The van der Waals surface area contributed by atoms with Gasteiger partial charge >= 0.3 is 5.97 Å². The number of nitrogens with zero attached hydrogens (tertiary/aromatic N) is 1. The Balaban J connectivity index is 2.27. The van der Waals surface area contributed by atoms with Crippen LogP contribution in [0, 0.1) is 0 Å². The van der Waals surface area contributed by atoms with Crippen LogP contribution in [0.2, 0.25) is 0 Å². The molecule has 1 aliphatic rings. The minimum Gasteiger partial charge on any atom is -0.461 e. The average Bonchev–Trinajstić information content (AvgIpc) is 2.28. The summed E-state index contributed by atoms with van der Waals surface area (Å²) in [5, 5.41) is 0. The lowest BCUT2D eigenvalue weighted by atomic mass is 9.95. The van der Waals surface area contributed by atoms with Crippen LogP contribution in [0.5, 0.6) is 0 Å². The molecule has 1 heterocycles. The molecule has 0 aromatic carbocycles. The van der Waals surface area contributed by atoms with Crippen LogP contribution in [0.25, 0.3) is 0 Å². The van der Waals surface area contributed by atoms with E-state index in [2.05, 4.69) is 4.98 Å². The van der Waals surface area contributed by atoms with Crippen LogP contribution in [0.3, 0.4) is 0 Å². The third kappa shape index (κ3) is 2.10. The van der Waals surface area contributed by atoms with E-state index < -0.39 is 5.97 Å². The Kier molecular flexibility index (Phi) is 2.99. The van der Waals surface area contributed by atoms with E-state index in [1.165, 1.54) is 0 Å². The standard InChI is InChI=1S/C12H13NO3/c1-2-16-12(15)10-6-4-8-3-5-9(14)7-11(8)13-10/h4,6H,2-3,5,7H2,1H3. The summed E-state index contributed by atoms with van der Waals surface area (Å²) >= 11 is 0. The fourth-order valence-electron chi connectivity index (χ4n) is 1.78. The number of ether oxygens (including phenoxy) is 1. The number of Topliss-reactive ketones (excluding diaryl/α,β-unsaturated/α-hetero) is 1. The van der Waals surface area contributed by atoms with Crippen LogP contribution in [-0.4, -0.2) is 23.3 Å². The van der Waals surface area contributed by atoms with E-state index in [0.717, 1.165) is 17.7 Å². The lowest BCUT2D eigenvalue weighted by Gasteiger charge is -2.14. The summed E-state index contributed by atoms with van der Waals surface area (Å²) in [7, 11) is 0. The molecule has 1 aliphatic carbocycles. The Morgan fingerprint density at radius 2 is 2.25 bits per heavy atom. The maximum absolute atomic E-state index is 11.4. The van der Waals surface area contributed by atoms with Crippen molar-refractivity contribution in [3.05, 3.63) is 29.1 Å². The predicted molar refractivity (Wildman–Crippen MR) is 57.2 cm³/mol. The lowest BCUT2D eigenvalue weighted by Crippen LogP contribution is -2.17. The second-order valence-electron chi connectivity index (χ2n) is 3.74. The number of aryl methyl sites for hydroxylation is 1. The van der Waals surface area contributed by atoms with Crippen LogP contribution in [0.4, 0.5) is 0 Å². The number of hydrogen-bond acceptors (Lipinski definition) is 4. The summed E-state index contributed by atoms with van der Waals surface area (Å²) in [6.45, 7) is 2.08. The first-order chi connectivity index (χ1) is 7.70. The van der Waals surface area contributed by atoms with Crippen LogP contribution >= 0.6 is 0 Å². The van der Waals surface area contributed by atoms with Crippen molar-refractivity contribution in [1.29, 1.82) is 0 Å². The van der Waals surface area contributed by atoms with Gasteiger partial charge in [0, 0.05) is 12.8 Å². The number of carbonyl (C=O) groups excluding carboxylic acids is 2. The molecule has 0 atom stereocenters. The smallest absolute Gasteiger partial charge is 0.356 e. The lowest BCUT2D eigenvalue weighted by molar-refractivity contribution is -0.118. The van der Waals surface area contributed by atoms with Crippen molar-refractivity contribution >= 4 is 11.8 Å². The molecule has 0 saturated heterocycles. The molecule has 0 radical (unpaired) electrons. The normalized spacial score (nSPS) is 14.4. The Bertz CT molecular complexity index is 440. The van der Waals surface area contributed by atoms with Gasteiger partial charge in [0.2, 0.25) is 0 Å². The molecule has 4 nitrogen and oxygen atoms in total. The van der Waals surface area contributed by atoms with E-state index in [4.69, 9.17) is 4.74 Å². The number of pyridine rings is 1. The van der Waals surface area contributed by atoms with E-state index in [9.17, 15) is 9.59 Å². The number of fused-ring (bicyclic) bond motifs is 1. The molecule has 0 aliphatic heterocycles. The summed E-state index contributed by atoms with van der Waals surface area (Å²) in [4.78, 5) is 26.9. The molecule has 0 spiro atoms. The van der Waals surface area contributed by atoms with Gasteiger partial charge in [-0.25, -0.2) is 9.78 Å². The van der Waals surface area contributed by atoms with E-state index in [1.54, 1.807) is 13.0 Å². The first-order valence-electron chi connectivity index (χ1n) is 5.38. The first-order valence-corrected chi connectivity index (χ1v) is 5.38. The fraction of sp³-hybridized carbons (Fsp3) is 0.417. The van der Waals surface area contributed by atoms with Crippen molar-refractivity contribution in [1.82, 2.24) is 4.98 Å². The molecule has 0 bridgehead atoms. The van der Waals surface area contributed by atoms with Gasteiger partial charge in [-0.1, -0.05) is 6.07 Å². The van der Waals surface area contributed by atoms with Crippen LogP contribution < -0.4 is 0 Å². The number of aromatic nitrogens is 1. The van der Waals surface area contributed by atoms with Crippen molar-refractivity contribution < 1.29 is 14.3 Å². The molecule has 0 amide bonds. The molecule has 4 heteroatoms. The van der Waals surface area contributed by atoms with Gasteiger partial charge in [0.15, 0.2) is 0 Å². The molecular formula is C12H13NO3. The highest BCUT2D eigenvalue weighted by Crippen LogP contribution is 2.17. The number of hydrogen-bond donors (Lipinski definition) is 0. The third-order valence-corrected chi connectivity index (χ3v) is 2.59. The van der Waals surface area contributed by atoms with Crippen molar-refractivity contribution in [3.8, 4) is 0 Å². The summed E-state index contributed by atoms with van der Waals surface area (Å²) in [5.41, 5.74) is 2.07. The van der Waals surface area contributed by atoms with Crippen molar-refractivity contribution in [2.24, 2.45) is 0 Å². The second kappa shape index (κ2) is 4.43. The molecule has 0 fully saturated rings. The van der Waals surface area contributed by atoms with Gasteiger partial charge in [-0.2, -0.15) is 0 Å². The maximum Gasteiger partial charge on any atom is 0.356 e. The summed E-state index contributed by atoms with van der Waals surface area (Å²) < 4.78 is 4.86. The minimum atomic E-state index is -0.427. The Labute approximate surface area is 93.6 Å². The van der Waals surface area contributed by atoms with Crippen molar-refractivity contribution in [3.63, 3.8) is 0 Å². The molecule has 2 rings (SSSR count). The molecule has 16 heavy (non-hydrogen) atoms. The third-order valence-electron chi connectivity index (χ3n) is 2.59. The van der Waals surface area contributed by atoms with Crippen LogP contribution in [0.1, 0.15) is 35.1 Å². The van der Waals surface area contributed by atoms with E-state index >= 15 is 0 Å². The Morgan fingerprint density at radius 3 is 3.00 bits per heavy atom. The zero-order chi connectivity index (χ0) is 11.5. The number of carbonyl (C=O) groups is 2. The second-order valence-corrected chi connectivity index (χ2v) is 3.74. The fourth-order valence-corrected chi connectivity index (χ4v) is 1.78. The largest absolute Gasteiger partial charge is 0.461 e. The topological polar surface area (TPSA) is 56.3 Å². The van der Waals surface area contributed by atoms with Crippen LogP contribution in [0.15, 0.2) is 12.1 Å². The van der Waals surface area contributed by atoms with Crippen molar-refractivity contribution in [2.45, 2.75) is 26.2 Å². The van der Waals surface area contributed by atoms with Gasteiger partial charge in [-0.05, 0) is 25.0 Å². The van der Waals surface area contributed by atoms with Gasteiger partial charge in [0.05, 0.1) is 12.3 Å². The van der Waals surface area contributed by atoms with Crippen LogP contribution in [-0.2, 0) is 22.4 Å². The van der Waals surface area contributed by atoms with Gasteiger partial charge in [0.1, 0.15) is 11.5 Å². The molecule has 84 valence electrons. The molecular weight excluding hydrogens is 206 g/mol. The predicted octanol–water partition coefficient (Wildman–Crippen LogP) is 1.32. The van der Waals surface area contributed by atoms with E-state index in [1.807, 2.05) is 6.07 Å². The Hall–Kier alpha value is -1.71. The highest BCUT2D eigenvalue weighted by atomic mass is 16.5. The number of esters is 1. The minimum absolute atomic E-state index is 0.181.